The predicted molar refractivity (Wildman–Crippen MR) is 79.8 cm³/mol. The molecule has 0 N–H and O–H groups in total. The number of hydrogen-bond donors (Lipinski definition) is 0. The van der Waals surface area contributed by atoms with Gasteiger partial charge in [-0.1, -0.05) is 29.4 Å². The van der Waals surface area contributed by atoms with Crippen molar-refractivity contribution < 1.29 is 14.4 Å². The number of methoxy groups -OCH3 is 1. The van der Waals surface area contributed by atoms with Crippen molar-refractivity contribution in [3.05, 3.63) is 43.0 Å². The second kappa shape index (κ2) is 9.78. The number of oxime groups is 1. The number of carbonyl (C=O) groups excluding carboxylic acids is 1. The van der Waals surface area contributed by atoms with Gasteiger partial charge in [-0.15, -0.1) is 6.58 Å². The van der Waals surface area contributed by atoms with Crippen LogP contribution in [0.25, 0.3) is 0 Å². The topological polar surface area (TPSA) is 47.9 Å². The fraction of sp³-hybridized carbons (Fsp3) is 0.375. The van der Waals surface area contributed by atoms with Gasteiger partial charge in [0.05, 0.1) is 12.8 Å². The molecule has 0 aliphatic rings. The van der Waals surface area contributed by atoms with Crippen LogP contribution < -0.4 is 4.84 Å². The summed E-state index contributed by atoms with van der Waals surface area (Å²) in [5.41, 5.74) is 0.928. The number of hydrogen-bond acceptors (Lipinski definition) is 4. The molecule has 1 rings (SSSR count). The van der Waals surface area contributed by atoms with E-state index in [0.29, 0.717) is 18.6 Å². The lowest BCUT2D eigenvalue weighted by atomic mass is 10.1. The number of carbonyl (C=O) groups is 1. The van der Waals surface area contributed by atoms with Gasteiger partial charge in [0.1, 0.15) is 0 Å². The van der Waals surface area contributed by atoms with Gasteiger partial charge >= 0.3 is 5.97 Å². The van der Waals surface area contributed by atoms with E-state index in [1.54, 1.807) is 0 Å². The maximum atomic E-state index is 11.1. The molecule has 20 heavy (non-hydrogen) atoms. The van der Waals surface area contributed by atoms with Gasteiger partial charge in [0, 0.05) is 6.42 Å². The van der Waals surface area contributed by atoms with Crippen molar-refractivity contribution in [1.82, 2.24) is 0 Å². The molecule has 4 heteroatoms. The second-order valence-corrected chi connectivity index (χ2v) is 4.32. The van der Waals surface area contributed by atoms with E-state index in [2.05, 4.69) is 16.5 Å². The summed E-state index contributed by atoms with van der Waals surface area (Å²) in [4.78, 5) is 16.5. The third-order valence-corrected chi connectivity index (χ3v) is 2.73. The fourth-order valence-electron chi connectivity index (χ4n) is 1.62. The second-order valence-electron chi connectivity index (χ2n) is 4.32. The van der Waals surface area contributed by atoms with Gasteiger partial charge in [0.25, 0.3) is 0 Å². The van der Waals surface area contributed by atoms with Crippen LogP contribution in [0.15, 0.2) is 48.1 Å². The largest absolute Gasteiger partial charge is 0.469 e. The molecule has 4 nitrogen and oxygen atoms in total. The highest BCUT2D eigenvalue weighted by Gasteiger charge is 2.04. The minimum Gasteiger partial charge on any atom is -0.469 e. The fourth-order valence-corrected chi connectivity index (χ4v) is 1.62. The number of allylic oxidation sites excluding steroid dienone is 1. The lowest BCUT2D eigenvalue weighted by molar-refractivity contribution is -0.140. The van der Waals surface area contributed by atoms with Crippen molar-refractivity contribution >= 4 is 11.7 Å². The molecule has 0 saturated heterocycles. The Bertz CT molecular complexity index is 440. The molecule has 0 spiro atoms. The van der Waals surface area contributed by atoms with Crippen LogP contribution >= 0.6 is 0 Å². The van der Waals surface area contributed by atoms with Gasteiger partial charge in [0.2, 0.25) is 0 Å². The van der Waals surface area contributed by atoms with E-state index in [4.69, 9.17) is 4.84 Å². The quantitative estimate of drug-likeness (QED) is 0.298. The van der Waals surface area contributed by atoms with Gasteiger partial charge in [0.15, 0.2) is 5.75 Å². The third kappa shape index (κ3) is 6.73. The Morgan fingerprint density at radius 3 is 2.65 bits per heavy atom. The predicted octanol–water partition coefficient (Wildman–Crippen LogP) is 3.73. The molecule has 0 radical (unpaired) electrons. The first kappa shape index (κ1) is 16.0. The van der Waals surface area contributed by atoms with E-state index >= 15 is 0 Å². The summed E-state index contributed by atoms with van der Waals surface area (Å²) in [7, 11) is 1.40. The molecule has 0 amide bonds. The average molecular weight is 275 g/mol. The summed E-state index contributed by atoms with van der Waals surface area (Å²) >= 11 is 0. The number of nitrogens with zero attached hydrogens (tertiary/aromatic N) is 1. The maximum absolute atomic E-state index is 11.1. The highest BCUT2D eigenvalue weighted by Crippen LogP contribution is 2.11. The Morgan fingerprint density at radius 2 is 2.00 bits per heavy atom. The first-order valence-electron chi connectivity index (χ1n) is 6.71. The van der Waals surface area contributed by atoms with Gasteiger partial charge in [-0.25, -0.2) is 0 Å². The number of ether oxygens (including phenoxy) is 1. The molecule has 108 valence electrons. The van der Waals surface area contributed by atoms with Crippen molar-refractivity contribution in [2.75, 3.05) is 7.11 Å². The number of para-hydroxylation sites is 1. The average Bonchev–Trinajstić information content (AvgIpc) is 2.50. The summed E-state index contributed by atoms with van der Waals surface area (Å²) in [5.74, 6) is 0.508. The summed E-state index contributed by atoms with van der Waals surface area (Å²) < 4.78 is 4.62. The molecule has 0 saturated carbocycles. The molecule has 1 aromatic carbocycles. The zero-order valence-electron chi connectivity index (χ0n) is 11.9. The van der Waals surface area contributed by atoms with Crippen LogP contribution in [-0.4, -0.2) is 18.8 Å². The molecular formula is C16H21NO3. The first-order valence-corrected chi connectivity index (χ1v) is 6.71. The molecule has 0 aliphatic carbocycles. The number of rotatable bonds is 9. The van der Waals surface area contributed by atoms with Crippen molar-refractivity contribution in [2.24, 2.45) is 5.16 Å². The maximum Gasteiger partial charge on any atom is 0.305 e. The van der Waals surface area contributed by atoms with Gasteiger partial charge < -0.3 is 9.57 Å². The highest BCUT2D eigenvalue weighted by molar-refractivity contribution is 5.84. The monoisotopic (exact) mass is 275 g/mol. The Labute approximate surface area is 120 Å². The Hall–Kier alpha value is -2.10. The summed E-state index contributed by atoms with van der Waals surface area (Å²) in [5, 5.41) is 4.17. The molecule has 0 aliphatic heterocycles. The molecule has 0 aromatic heterocycles. The minimum atomic E-state index is -0.197. The molecule has 0 fully saturated rings. The van der Waals surface area contributed by atoms with Crippen LogP contribution in [0.1, 0.15) is 32.1 Å². The van der Waals surface area contributed by atoms with E-state index in [1.807, 2.05) is 36.4 Å². The summed E-state index contributed by atoms with van der Waals surface area (Å²) in [6.07, 6.45) is 5.30. The molecule has 0 heterocycles. The minimum absolute atomic E-state index is 0.197. The van der Waals surface area contributed by atoms with Gasteiger partial charge in [-0.3, -0.25) is 4.79 Å². The van der Waals surface area contributed by atoms with Crippen molar-refractivity contribution in [3.63, 3.8) is 0 Å². The van der Waals surface area contributed by atoms with Crippen LogP contribution in [0.3, 0.4) is 0 Å². The van der Waals surface area contributed by atoms with E-state index in [0.717, 1.165) is 25.0 Å². The van der Waals surface area contributed by atoms with Crippen molar-refractivity contribution in [1.29, 1.82) is 0 Å². The lowest BCUT2D eigenvalue weighted by Gasteiger charge is -2.05. The van der Waals surface area contributed by atoms with Crippen LogP contribution in [-0.2, 0) is 9.53 Å². The van der Waals surface area contributed by atoms with E-state index in [1.165, 1.54) is 7.11 Å². The normalized spacial score (nSPS) is 10.9. The summed E-state index contributed by atoms with van der Waals surface area (Å²) in [6, 6.07) is 9.41. The molecule has 1 aromatic rings. The Balaban J connectivity index is 2.49. The SMILES string of the molecule is C=CCC/C(CCCC(=O)OC)=N/Oc1ccccc1. The zero-order chi connectivity index (χ0) is 14.6. The van der Waals surface area contributed by atoms with Crippen molar-refractivity contribution in [3.8, 4) is 5.75 Å². The van der Waals surface area contributed by atoms with Gasteiger partial charge in [-0.05, 0) is 37.8 Å². The molecule has 0 unspecified atom stereocenters. The summed E-state index contributed by atoms with van der Waals surface area (Å²) in [6.45, 7) is 3.70. The van der Waals surface area contributed by atoms with Gasteiger partial charge in [-0.2, -0.15) is 0 Å². The smallest absolute Gasteiger partial charge is 0.305 e. The lowest BCUT2D eigenvalue weighted by Crippen LogP contribution is -2.05. The van der Waals surface area contributed by atoms with Crippen LogP contribution in [0.2, 0.25) is 0 Å². The van der Waals surface area contributed by atoms with Crippen molar-refractivity contribution in [2.45, 2.75) is 32.1 Å². The van der Waals surface area contributed by atoms with E-state index in [-0.39, 0.29) is 5.97 Å². The number of benzene rings is 1. The Morgan fingerprint density at radius 1 is 1.25 bits per heavy atom. The Kier molecular flexibility index (Phi) is 7.80. The first-order chi connectivity index (χ1) is 9.76. The van der Waals surface area contributed by atoms with Crippen LogP contribution in [0.4, 0.5) is 0 Å². The van der Waals surface area contributed by atoms with Crippen LogP contribution in [0, 0.1) is 0 Å². The zero-order valence-corrected chi connectivity index (χ0v) is 11.9. The number of esters is 1. The van der Waals surface area contributed by atoms with Crippen LogP contribution in [0.5, 0.6) is 5.75 Å². The molecule has 0 atom stereocenters. The third-order valence-electron chi connectivity index (χ3n) is 2.73. The van der Waals surface area contributed by atoms with E-state index in [9.17, 15) is 4.79 Å². The van der Waals surface area contributed by atoms with E-state index < -0.39 is 0 Å². The molecular weight excluding hydrogens is 254 g/mol. The molecule has 0 bridgehead atoms. The standard InChI is InChI=1S/C16H21NO3/c1-3-4-9-14(10-8-13-16(18)19-2)17-20-15-11-6-5-7-12-15/h3,5-7,11-12H,1,4,8-10,13H2,2H3/b17-14-. The highest BCUT2D eigenvalue weighted by atomic mass is 16.6.